The third-order valence-corrected chi connectivity index (χ3v) is 5.53. The summed E-state index contributed by atoms with van der Waals surface area (Å²) in [7, 11) is 0. The van der Waals surface area contributed by atoms with E-state index in [0.29, 0.717) is 0 Å². The lowest BCUT2D eigenvalue weighted by Gasteiger charge is -2.14. The quantitative estimate of drug-likeness (QED) is 0.358. The fourth-order valence-electron chi connectivity index (χ4n) is 3.92. The molecule has 1 heteroatoms. The number of pyridine rings is 1. The average molecular weight is 378 g/mol. The molecule has 0 unspecified atom stereocenters. The minimum Gasteiger partial charge on any atom is -0.248 e. The van der Waals surface area contributed by atoms with Gasteiger partial charge in [-0.2, -0.15) is 0 Å². The van der Waals surface area contributed by atoms with Gasteiger partial charge in [-0.3, -0.25) is 0 Å². The van der Waals surface area contributed by atoms with Crippen molar-refractivity contribution < 1.29 is 0 Å². The van der Waals surface area contributed by atoms with Gasteiger partial charge in [-0.15, -0.1) is 0 Å². The van der Waals surface area contributed by atoms with Gasteiger partial charge in [0.05, 0.1) is 11.4 Å². The summed E-state index contributed by atoms with van der Waals surface area (Å²) in [6.45, 7) is 10.7. The molecule has 0 aliphatic carbocycles. The molecule has 0 spiro atoms. The van der Waals surface area contributed by atoms with E-state index in [1.807, 2.05) is 0 Å². The van der Waals surface area contributed by atoms with Gasteiger partial charge in [0.15, 0.2) is 0 Å². The number of hydrogen-bond donors (Lipinski definition) is 0. The predicted octanol–water partition coefficient (Wildman–Crippen LogP) is 7.62. The third kappa shape index (κ3) is 4.00. The normalized spacial score (nSPS) is 10.9. The molecule has 0 amide bonds. The minimum atomic E-state index is 1.02. The Bertz CT molecular complexity index is 1110. The van der Waals surface area contributed by atoms with Gasteiger partial charge in [0.2, 0.25) is 0 Å². The van der Waals surface area contributed by atoms with Crippen LogP contribution in [0, 0.1) is 34.6 Å². The van der Waals surface area contributed by atoms with Crippen molar-refractivity contribution in [2.45, 2.75) is 34.6 Å². The Kier molecular flexibility index (Phi) is 5.07. The maximum Gasteiger partial charge on any atom is 0.0718 e. The molecule has 0 bridgehead atoms. The Balaban J connectivity index is 1.95. The van der Waals surface area contributed by atoms with Crippen LogP contribution in [0.15, 0.2) is 72.8 Å². The van der Waals surface area contributed by atoms with Crippen LogP contribution in [-0.4, -0.2) is 4.98 Å². The van der Waals surface area contributed by atoms with Crippen LogP contribution < -0.4 is 0 Å². The summed E-state index contributed by atoms with van der Waals surface area (Å²) in [5, 5.41) is 0. The van der Waals surface area contributed by atoms with Gasteiger partial charge in [-0.25, -0.2) is 4.98 Å². The van der Waals surface area contributed by atoms with Crippen molar-refractivity contribution in [1.29, 1.82) is 0 Å². The molecule has 1 heterocycles. The number of benzene rings is 3. The Morgan fingerprint density at radius 2 is 0.897 bits per heavy atom. The summed E-state index contributed by atoms with van der Waals surface area (Å²) in [6.07, 6.45) is 0. The lowest BCUT2D eigenvalue weighted by molar-refractivity contribution is 1.27. The highest BCUT2D eigenvalue weighted by molar-refractivity contribution is 5.78. The Morgan fingerprint density at radius 3 is 1.34 bits per heavy atom. The number of aryl methyl sites for hydroxylation is 5. The van der Waals surface area contributed by atoms with Crippen molar-refractivity contribution in [1.82, 2.24) is 4.98 Å². The minimum absolute atomic E-state index is 1.02. The van der Waals surface area contributed by atoms with E-state index < -0.39 is 0 Å². The van der Waals surface area contributed by atoms with E-state index in [4.69, 9.17) is 4.98 Å². The highest BCUT2D eigenvalue weighted by atomic mass is 14.7. The SMILES string of the molecule is Cc1ccc(-c2cc(-c3ccc(C)cc3C)nc(-c3ccc(C)cc3C)c2)cc1. The molecule has 4 rings (SSSR count). The summed E-state index contributed by atoms with van der Waals surface area (Å²) in [4.78, 5) is 5.10. The number of hydrogen-bond acceptors (Lipinski definition) is 1. The monoisotopic (exact) mass is 377 g/mol. The number of aromatic nitrogens is 1. The zero-order valence-electron chi connectivity index (χ0n) is 17.9. The van der Waals surface area contributed by atoms with Crippen molar-refractivity contribution in [3.05, 3.63) is 101 Å². The first kappa shape index (κ1) is 19.1. The Labute approximate surface area is 174 Å². The van der Waals surface area contributed by atoms with Gasteiger partial charge in [-0.05, 0) is 69.0 Å². The molecule has 1 nitrogen and oxygen atoms in total. The molecule has 144 valence electrons. The molecule has 29 heavy (non-hydrogen) atoms. The van der Waals surface area contributed by atoms with Crippen molar-refractivity contribution in [3.8, 4) is 33.6 Å². The van der Waals surface area contributed by atoms with E-state index in [-0.39, 0.29) is 0 Å². The molecule has 0 saturated carbocycles. The fraction of sp³-hybridized carbons (Fsp3) is 0.179. The van der Waals surface area contributed by atoms with E-state index >= 15 is 0 Å². The largest absolute Gasteiger partial charge is 0.248 e. The van der Waals surface area contributed by atoms with Crippen LogP contribution in [0.25, 0.3) is 33.6 Å². The second-order valence-corrected chi connectivity index (χ2v) is 8.13. The second-order valence-electron chi connectivity index (χ2n) is 8.13. The van der Waals surface area contributed by atoms with Gasteiger partial charge in [0.1, 0.15) is 0 Å². The molecule has 0 aliphatic heterocycles. The first-order valence-corrected chi connectivity index (χ1v) is 10.1. The summed E-state index contributed by atoms with van der Waals surface area (Å²) in [6, 6.07) is 26.3. The highest BCUT2D eigenvalue weighted by Gasteiger charge is 2.12. The molecule has 0 N–H and O–H groups in total. The summed E-state index contributed by atoms with van der Waals surface area (Å²) in [5.41, 5.74) is 13.2. The number of nitrogens with zero attached hydrogens (tertiary/aromatic N) is 1. The van der Waals surface area contributed by atoms with Crippen LogP contribution in [-0.2, 0) is 0 Å². The zero-order valence-corrected chi connectivity index (χ0v) is 17.9. The Hall–Kier alpha value is -3.19. The molecule has 0 radical (unpaired) electrons. The molecule has 0 saturated heterocycles. The highest BCUT2D eigenvalue weighted by Crippen LogP contribution is 2.33. The van der Waals surface area contributed by atoms with Crippen molar-refractivity contribution >= 4 is 0 Å². The first-order valence-electron chi connectivity index (χ1n) is 10.1. The maximum atomic E-state index is 5.10. The fourth-order valence-corrected chi connectivity index (χ4v) is 3.92. The summed E-state index contributed by atoms with van der Waals surface area (Å²) in [5.74, 6) is 0. The maximum absolute atomic E-state index is 5.10. The lowest BCUT2D eigenvalue weighted by Crippen LogP contribution is -1.95. The Morgan fingerprint density at radius 1 is 0.448 bits per heavy atom. The van der Waals surface area contributed by atoms with Crippen molar-refractivity contribution in [3.63, 3.8) is 0 Å². The molecular weight excluding hydrogens is 350 g/mol. The van der Waals surface area contributed by atoms with Gasteiger partial charge < -0.3 is 0 Å². The van der Waals surface area contributed by atoms with Crippen LogP contribution in [0.4, 0.5) is 0 Å². The van der Waals surface area contributed by atoms with Crippen LogP contribution in [0.2, 0.25) is 0 Å². The van der Waals surface area contributed by atoms with Gasteiger partial charge in [0.25, 0.3) is 0 Å². The molecule has 0 atom stereocenters. The zero-order chi connectivity index (χ0) is 20.5. The lowest BCUT2D eigenvalue weighted by atomic mass is 9.95. The molecule has 4 aromatic rings. The van der Waals surface area contributed by atoms with E-state index in [9.17, 15) is 0 Å². The predicted molar refractivity (Wildman–Crippen MR) is 124 cm³/mol. The van der Waals surface area contributed by atoms with Crippen LogP contribution in [0.3, 0.4) is 0 Å². The summed E-state index contributed by atoms with van der Waals surface area (Å²) >= 11 is 0. The van der Waals surface area contributed by atoms with Gasteiger partial charge in [-0.1, -0.05) is 77.4 Å². The topological polar surface area (TPSA) is 12.9 Å². The molecular formula is C28H27N. The molecule has 1 aromatic heterocycles. The third-order valence-electron chi connectivity index (χ3n) is 5.53. The number of rotatable bonds is 3. The van der Waals surface area contributed by atoms with E-state index in [0.717, 1.165) is 11.4 Å². The van der Waals surface area contributed by atoms with Crippen LogP contribution >= 0.6 is 0 Å². The van der Waals surface area contributed by atoms with Crippen LogP contribution in [0.1, 0.15) is 27.8 Å². The van der Waals surface area contributed by atoms with Gasteiger partial charge in [0, 0.05) is 11.1 Å². The molecule has 0 aliphatic rings. The first-order chi connectivity index (χ1) is 13.9. The van der Waals surface area contributed by atoms with E-state index in [2.05, 4.69) is 107 Å². The van der Waals surface area contributed by atoms with Crippen molar-refractivity contribution in [2.24, 2.45) is 0 Å². The average Bonchev–Trinajstić information content (AvgIpc) is 2.68. The molecule has 0 fully saturated rings. The van der Waals surface area contributed by atoms with E-state index in [1.165, 1.54) is 50.1 Å². The smallest absolute Gasteiger partial charge is 0.0718 e. The summed E-state index contributed by atoms with van der Waals surface area (Å²) < 4.78 is 0. The second kappa shape index (κ2) is 7.67. The van der Waals surface area contributed by atoms with Crippen LogP contribution in [0.5, 0.6) is 0 Å². The van der Waals surface area contributed by atoms with Gasteiger partial charge >= 0.3 is 0 Å². The standard InChI is InChI=1S/C28H27N/c1-18-6-10-23(11-7-18)24-16-27(25-12-8-19(2)14-21(25)4)29-28(17-24)26-13-9-20(3)15-22(26)5/h6-17H,1-5H3. The van der Waals surface area contributed by atoms with Crippen molar-refractivity contribution in [2.75, 3.05) is 0 Å². The van der Waals surface area contributed by atoms with E-state index in [1.54, 1.807) is 0 Å². The molecule has 3 aromatic carbocycles.